The molecule has 0 fully saturated rings. The van der Waals surface area contributed by atoms with Crippen LogP contribution in [0.4, 0.5) is 18.0 Å². The van der Waals surface area contributed by atoms with Gasteiger partial charge in [-0.1, -0.05) is 30.3 Å². The van der Waals surface area contributed by atoms with E-state index in [2.05, 4.69) is 5.32 Å². The molecule has 2 aromatic carbocycles. The van der Waals surface area contributed by atoms with Crippen molar-refractivity contribution in [1.29, 1.82) is 0 Å². The fraction of sp³-hybridized carbons (Fsp3) is 0.278. The van der Waals surface area contributed by atoms with Gasteiger partial charge in [0.25, 0.3) is 0 Å². The third kappa shape index (κ3) is 5.79. The molecule has 0 saturated carbocycles. The van der Waals surface area contributed by atoms with Crippen molar-refractivity contribution >= 4 is 6.09 Å². The van der Waals surface area contributed by atoms with Crippen LogP contribution < -0.4 is 5.32 Å². The first-order chi connectivity index (χ1) is 12.0. The van der Waals surface area contributed by atoms with Crippen LogP contribution in [0.3, 0.4) is 0 Å². The molecule has 0 bridgehead atoms. The van der Waals surface area contributed by atoms with Gasteiger partial charge in [-0.25, -0.2) is 18.0 Å². The lowest BCUT2D eigenvalue weighted by molar-refractivity contribution is 0.135. The Hall–Kier alpha value is -2.54. The van der Waals surface area contributed by atoms with Crippen LogP contribution in [0.5, 0.6) is 0 Å². The van der Waals surface area contributed by atoms with Gasteiger partial charge in [-0.15, -0.1) is 0 Å². The molecule has 25 heavy (non-hydrogen) atoms. The first-order valence-electron chi connectivity index (χ1n) is 7.68. The predicted octanol–water partition coefficient (Wildman–Crippen LogP) is 3.18. The summed E-state index contributed by atoms with van der Waals surface area (Å²) in [5, 5.41) is 11.8. The minimum Gasteiger partial charge on any atom is -0.445 e. The topological polar surface area (TPSA) is 58.6 Å². The summed E-state index contributed by atoms with van der Waals surface area (Å²) in [6.45, 7) is -0.171. The number of aliphatic hydroxyl groups is 1. The van der Waals surface area contributed by atoms with Crippen LogP contribution in [0.1, 0.15) is 11.1 Å². The van der Waals surface area contributed by atoms with Gasteiger partial charge in [0.05, 0.1) is 0 Å². The number of hydrogen-bond acceptors (Lipinski definition) is 3. The van der Waals surface area contributed by atoms with Crippen LogP contribution in [0.2, 0.25) is 0 Å². The van der Waals surface area contributed by atoms with E-state index in [9.17, 15) is 23.1 Å². The maximum Gasteiger partial charge on any atom is 0.407 e. The second kappa shape index (κ2) is 9.08. The van der Waals surface area contributed by atoms with E-state index in [4.69, 9.17) is 4.74 Å². The number of aliphatic hydroxyl groups excluding tert-OH is 1. The summed E-state index contributed by atoms with van der Waals surface area (Å²) in [5.41, 5.74) is 1.02. The quantitative estimate of drug-likeness (QED) is 0.752. The van der Waals surface area contributed by atoms with Gasteiger partial charge >= 0.3 is 6.09 Å². The lowest BCUT2D eigenvalue weighted by Crippen LogP contribution is -2.32. The second-order valence-corrected chi connectivity index (χ2v) is 5.57. The summed E-state index contributed by atoms with van der Waals surface area (Å²) >= 11 is 0. The van der Waals surface area contributed by atoms with E-state index in [0.717, 1.165) is 17.7 Å². The van der Waals surface area contributed by atoms with E-state index in [0.29, 0.717) is 0 Å². The average molecular weight is 353 g/mol. The molecule has 0 aliphatic carbocycles. The monoisotopic (exact) mass is 353 g/mol. The molecule has 4 nitrogen and oxygen atoms in total. The lowest BCUT2D eigenvalue weighted by atomic mass is 9.99. The lowest BCUT2D eigenvalue weighted by Gasteiger charge is -2.15. The van der Waals surface area contributed by atoms with E-state index in [-0.39, 0.29) is 31.7 Å². The van der Waals surface area contributed by atoms with Crippen LogP contribution in [0.15, 0.2) is 42.5 Å². The maximum atomic E-state index is 13.2. The van der Waals surface area contributed by atoms with Gasteiger partial charge in [0.15, 0.2) is 17.5 Å². The molecule has 134 valence electrons. The fourth-order valence-electron chi connectivity index (χ4n) is 2.26. The van der Waals surface area contributed by atoms with Crippen molar-refractivity contribution in [2.24, 2.45) is 5.92 Å². The van der Waals surface area contributed by atoms with Crippen molar-refractivity contribution in [2.75, 3.05) is 13.2 Å². The number of ether oxygens (including phenoxy) is 1. The van der Waals surface area contributed by atoms with Crippen LogP contribution in [-0.2, 0) is 17.8 Å². The number of rotatable bonds is 7. The van der Waals surface area contributed by atoms with Gasteiger partial charge in [0.1, 0.15) is 6.61 Å². The molecule has 0 heterocycles. The number of nitrogens with one attached hydrogen (secondary N) is 1. The Bertz CT molecular complexity index is 687. The predicted molar refractivity (Wildman–Crippen MR) is 85.2 cm³/mol. The summed E-state index contributed by atoms with van der Waals surface area (Å²) in [5.74, 6) is -4.61. The molecular formula is C18H18F3NO3. The highest BCUT2D eigenvalue weighted by Gasteiger charge is 2.15. The second-order valence-electron chi connectivity index (χ2n) is 5.57. The zero-order valence-electron chi connectivity index (χ0n) is 13.3. The molecule has 0 spiro atoms. The molecule has 0 radical (unpaired) electrons. The average Bonchev–Trinajstić information content (AvgIpc) is 2.62. The fourth-order valence-corrected chi connectivity index (χ4v) is 2.26. The Morgan fingerprint density at radius 1 is 1.08 bits per heavy atom. The number of carbonyl (C=O) groups excluding carboxylic acids is 1. The van der Waals surface area contributed by atoms with Crippen molar-refractivity contribution in [3.8, 4) is 0 Å². The highest BCUT2D eigenvalue weighted by Crippen LogP contribution is 2.16. The molecule has 1 unspecified atom stereocenters. The number of alkyl carbamates (subject to hydrolysis) is 1. The van der Waals surface area contributed by atoms with E-state index >= 15 is 0 Å². The Morgan fingerprint density at radius 2 is 1.72 bits per heavy atom. The Morgan fingerprint density at radius 3 is 2.32 bits per heavy atom. The van der Waals surface area contributed by atoms with Gasteiger partial charge in [0.2, 0.25) is 0 Å². The molecule has 1 atom stereocenters. The molecule has 0 aliphatic heterocycles. The smallest absolute Gasteiger partial charge is 0.407 e. The molecule has 2 N–H and O–H groups in total. The van der Waals surface area contributed by atoms with Crippen molar-refractivity contribution in [1.82, 2.24) is 5.32 Å². The molecule has 0 aliphatic rings. The van der Waals surface area contributed by atoms with Crippen molar-refractivity contribution in [3.05, 3.63) is 71.0 Å². The standard InChI is InChI=1S/C18H18F3NO3/c19-15-7-13(8-16(20)17(15)21)6-14(10-23)9-22-18(24)25-11-12-4-2-1-3-5-12/h1-5,7-8,14,23H,6,9-11H2,(H,22,24). The number of halogens is 3. The number of benzene rings is 2. The summed E-state index contributed by atoms with van der Waals surface area (Å²) in [4.78, 5) is 11.7. The van der Waals surface area contributed by atoms with E-state index in [1.54, 1.807) is 12.1 Å². The largest absolute Gasteiger partial charge is 0.445 e. The van der Waals surface area contributed by atoms with Crippen molar-refractivity contribution < 1.29 is 27.8 Å². The third-order valence-corrected chi connectivity index (χ3v) is 3.57. The minimum absolute atomic E-state index is 0.0464. The molecule has 0 aromatic heterocycles. The number of amides is 1. The summed E-state index contributed by atoms with van der Waals surface area (Å²) < 4.78 is 44.4. The Labute approximate surface area is 143 Å². The zero-order valence-corrected chi connectivity index (χ0v) is 13.3. The van der Waals surface area contributed by atoms with Crippen LogP contribution in [-0.4, -0.2) is 24.4 Å². The molecule has 1 amide bonds. The molecule has 2 rings (SSSR count). The third-order valence-electron chi connectivity index (χ3n) is 3.57. The summed E-state index contributed by atoms with van der Waals surface area (Å²) in [6, 6.07) is 10.8. The van der Waals surface area contributed by atoms with Gasteiger partial charge in [-0.05, 0) is 29.7 Å². The Balaban J connectivity index is 1.82. The number of hydrogen-bond donors (Lipinski definition) is 2. The maximum absolute atomic E-state index is 13.2. The van der Waals surface area contributed by atoms with Crippen molar-refractivity contribution in [2.45, 2.75) is 13.0 Å². The van der Waals surface area contributed by atoms with Gasteiger partial charge in [-0.2, -0.15) is 0 Å². The normalized spacial score (nSPS) is 11.8. The van der Waals surface area contributed by atoms with E-state index in [1.165, 1.54) is 0 Å². The van der Waals surface area contributed by atoms with Gasteiger partial charge < -0.3 is 15.2 Å². The molecule has 0 saturated heterocycles. The van der Waals surface area contributed by atoms with Crippen LogP contribution in [0.25, 0.3) is 0 Å². The van der Waals surface area contributed by atoms with Crippen LogP contribution >= 0.6 is 0 Å². The summed E-state index contributed by atoms with van der Waals surface area (Å²) in [6.07, 6.45) is -0.595. The van der Waals surface area contributed by atoms with Crippen LogP contribution in [0, 0.1) is 23.4 Å². The van der Waals surface area contributed by atoms with Gasteiger partial charge in [-0.3, -0.25) is 0 Å². The van der Waals surface area contributed by atoms with Crippen molar-refractivity contribution in [3.63, 3.8) is 0 Å². The summed E-state index contributed by atoms with van der Waals surface area (Å²) in [7, 11) is 0. The molecule has 2 aromatic rings. The van der Waals surface area contributed by atoms with Gasteiger partial charge in [0, 0.05) is 19.1 Å². The first kappa shape index (κ1) is 18.8. The highest BCUT2D eigenvalue weighted by molar-refractivity contribution is 5.67. The molecular weight excluding hydrogens is 335 g/mol. The Kier molecular flexibility index (Phi) is 6.82. The number of carbonyl (C=O) groups is 1. The highest BCUT2D eigenvalue weighted by atomic mass is 19.2. The minimum atomic E-state index is -1.54. The van der Waals surface area contributed by atoms with E-state index < -0.39 is 29.5 Å². The SMILES string of the molecule is O=C(NCC(CO)Cc1cc(F)c(F)c(F)c1)OCc1ccccc1. The van der Waals surface area contributed by atoms with E-state index in [1.807, 2.05) is 18.2 Å². The first-order valence-corrected chi connectivity index (χ1v) is 7.68. The molecule has 7 heteroatoms. The zero-order chi connectivity index (χ0) is 18.2.